The van der Waals surface area contributed by atoms with Crippen LogP contribution < -0.4 is 10.9 Å². The van der Waals surface area contributed by atoms with Gasteiger partial charge in [0.25, 0.3) is 5.56 Å². The van der Waals surface area contributed by atoms with Crippen LogP contribution in [0, 0.1) is 13.8 Å². The molecule has 0 unspecified atom stereocenters. The highest BCUT2D eigenvalue weighted by Crippen LogP contribution is 2.20. The summed E-state index contributed by atoms with van der Waals surface area (Å²) in [6.45, 7) is 4.37. The number of aromatic nitrogens is 2. The molecule has 19 heavy (non-hydrogen) atoms. The summed E-state index contributed by atoms with van der Waals surface area (Å²) >= 11 is 0. The van der Waals surface area contributed by atoms with E-state index in [0.717, 1.165) is 11.3 Å². The van der Waals surface area contributed by atoms with E-state index in [2.05, 4.69) is 15.3 Å². The van der Waals surface area contributed by atoms with E-state index >= 15 is 0 Å². The van der Waals surface area contributed by atoms with Crippen molar-refractivity contribution in [2.24, 2.45) is 0 Å². The molecule has 5 heteroatoms. The van der Waals surface area contributed by atoms with Crippen LogP contribution in [-0.2, 0) is 11.3 Å². The summed E-state index contributed by atoms with van der Waals surface area (Å²) in [7, 11) is 1.57. The van der Waals surface area contributed by atoms with Crippen molar-refractivity contribution >= 4 is 11.6 Å². The molecule has 0 saturated carbocycles. The number of ether oxygens (including phenoxy) is 1. The topological polar surface area (TPSA) is 67.0 Å². The molecule has 0 aliphatic heterocycles. The Bertz CT molecular complexity index is 635. The first-order valence-corrected chi connectivity index (χ1v) is 6.02. The normalized spacial score (nSPS) is 10.5. The van der Waals surface area contributed by atoms with Crippen LogP contribution in [-0.4, -0.2) is 17.1 Å². The predicted molar refractivity (Wildman–Crippen MR) is 74.8 cm³/mol. The zero-order valence-electron chi connectivity index (χ0n) is 11.3. The van der Waals surface area contributed by atoms with Crippen LogP contribution in [0.5, 0.6) is 0 Å². The molecule has 0 radical (unpaired) electrons. The lowest BCUT2D eigenvalue weighted by molar-refractivity contribution is 0.181. The lowest BCUT2D eigenvalue weighted by Crippen LogP contribution is -2.12. The Morgan fingerprint density at radius 1 is 1.37 bits per heavy atom. The van der Waals surface area contributed by atoms with E-state index in [1.54, 1.807) is 7.11 Å². The first kappa shape index (κ1) is 13.3. The first-order chi connectivity index (χ1) is 9.10. The van der Waals surface area contributed by atoms with Gasteiger partial charge in [-0.3, -0.25) is 9.78 Å². The van der Waals surface area contributed by atoms with Gasteiger partial charge in [0.05, 0.1) is 12.3 Å². The number of nitrogens with one attached hydrogen (secondary N) is 2. The Hall–Kier alpha value is -2.14. The van der Waals surface area contributed by atoms with Crippen molar-refractivity contribution in [1.82, 2.24) is 9.97 Å². The molecule has 0 atom stereocenters. The van der Waals surface area contributed by atoms with Crippen LogP contribution in [0.25, 0.3) is 0 Å². The van der Waals surface area contributed by atoms with Crippen LogP contribution in [0.2, 0.25) is 0 Å². The Morgan fingerprint density at radius 2 is 2.16 bits per heavy atom. The van der Waals surface area contributed by atoms with E-state index in [0.29, 0.717) is 18.2 Å². The molecule has 0 fully saturated rings. The van der Waals surface area contributed by atoms with Crippen molar-refractivity contribution in [3.05, 3.63) is 51.4 Å². The summed E-state index contributed by atoms with van der Waals surface area (Å²) in [6.07, 6.45) is 0. The molecule has 5 nitrogen and oxygen atoms in total. The van der Waals surface area contributed by atoms with E-state index < -0.39 is 0 Å². The molecule has 0 aliphatic rings. The van der Waals surface area contributed by atoms with Gasteiger partial charge in [0.2, 0.25) is 5.95 Å². The first-order valence-electron chi connectivity index (χ1n) is 6.02. The van der Waals surface area contributed by atoms with E-state index in [4.69, 9.17) is 4.74 Å². The van der Waals surface area contributed by atoms with Crippen molar-refractivity contribution in [2.45, 2.75) is 20.5 Å². The lowest BCUT2D eigenvalue weighted by atomic mass is 10.1. The van der Waals surface area contributed by atoms with Gasteiger partial charge in [0, 0.05) is 18.9 Å². The molecule has 0 aliphatic carbocycles. The number of methoxy groups -OCH3 is 1. The molecule has 0 spiro atoms. The number of aryl methyl sites for hydroxylation is 1. The van der Waals surface area contributed by atoms with Crippen molar-refractivity contribution in [3.63, 3.8) is 0 Å². The molecular weight excluding hydrogens is 242 g/mol. The summed E-state index contributed by atoms with van der Waals surface area (Å²) in [5, 5.41) is 3.13. The van der Waals surface area contributed by atoms with Crippen LogP contribution >= 0.6 is 0 Å². The van der Waals surface area contributed by atoms with Crippen LogP contribution in [0.3, 0.4) is 0 Å². The minimum atomic E-state index is -0.199. The summed E-state index contributed by atoms with van der Waals surface area (Å²) in [6, 6.07) is 7.38. The molecule has 1 heterocycles. The molecule has 1 aromatic carbocycles. The highest BCUT2D eigenvalue weighted by atomic mass is 16.5. The molecule has 2 rings (SSSR count). The Kier molecular flexibility index (Phi) is 3.97. The van der Waals surface area contributed by atoms with Gasteiger partial charge < -0.3 is 10.1 Å². The predicted octanol–water partition coefficient (Wildman–Crippen LogP) is 2.28. The highest BCUT2D eigenvalue weighted by molar-refractivity contribution is 5.59. The van der Waals surface area contributed by atoms with E-state index in [1.807, 2.05) is 32.0 Å². The summed E-state index contributed by atoms with van der Waals surface area (Å²) < 4.78 is 4.99. The molecule has 0 bridgehead atoms. The van der Waals surface area contributed by atoms with Crippen molar-refractivity contribution in [1.29, 1.82) is 0 Å². The number of benzene rings is 1. The van der Waals surface area contributed by atoms with E-state index in [9.17, 15) is 4.79 Å². The fourth-order valence-corrected chi connectivity index (χ4v) is 1.80. The third-order valence-electron chi connectivity index (χ3n) is 2.94. The molecule has 0 amide bonds. The van der Waals surface area contributed by atoms with Crippen molar-refractivity contribution in [3.8, 4) is 0 Å². The van der Waals surface area contributed by atoms with Gasteiger partial charge in [-0.05, 0) is 31.0 Å². The molecule has 2 N–H and O–H groups in total. The quantitative estimate of drug-likeness (QED) is 0.884. The number of anilines is 2. The average Bonchev–Trinajstić information content (AvgIpc) is 2.35. The van der Waals surface area contributed by atoms with Gasteiger partial charge in [-0.15, -0.1) is 0 Å². The second-order valence-electron chi connectivity index (χ2n) is 4.39. The third kappa shape index (κ3) is 3.20. The van der Waals surface area contributed by atoms with E-state index in [-0.39, 0.29) is 5.56 Å². The van der Waals surface area contributed by atoms with E-state index in [1.165, 1.54) is 11.6 Å². The highest BCUT2D eigenvalue weighted by Gasteiger charge is 2.04. The van der Waals surface area contributed by atoms with Gasteiger partial charge in [0.15, 0.2) is 0 Å². The number of rotatable bonds is 4. The largest absolute Gasteiger partial charge is 0.378 e. The minimum absolute atomic E-state index is 0.199. The standard InChI is InChI=1S/C14H17N3O2/c1-9-5-4-6-12(10(9)2)16-14-15-11(8-19-3)7-13(18)17-14/h4-7H,8H2,1-3H3,(H2,15,16,17,18). The average molecular weight is 259 g/mol. The van der Waals surface area contributed by atoms with Crippen molar-refractivity contribution in [2.75, 3.05) is 12.4 Å². The zero-order chi connectivity index (χ0) is 13.8. The fourth-order valence-electron chi connectivity index (χ4n) is 1.80. The molecule has 2 aromatic rings. The third-order valence-corrected chi connectivity index (χ3v) is 2.94. The van der Waals surface area contributed by atoms with Crippen LogP contribution in [0.4, 0.5) is 11.6 Å². The van der Waals surface area contributed by atoms with Gasteiger partial charge >= 0.3 is 0 Å². The Labute approximate surface area is 111 Å². The number of nitrogens with zero attached hydrogens (tertiary/aromatic N) is 1. The Balaban J connectivity index is 2.32. The van der Waals surface area contributed by atoms with Gasteiger partial charge in [0.1, 0.15) is 0 Å². The molecule has 1 aromatic heterocycles. The van der Waals surface area contributed by atoms with Crippen LogP contribution in [0.1, 0.15) is 16.8 Å². The smallest absolute Gasteiger partial charge is 0.252 e. The molecule has 100 valence electrons. The summed E-state index contributed by atoms with van der Waals surface area (Å²) in [4.78, 5) is 18.5. The second-order valence-corrected chi connectivity index (χ2v) is 4.39. The molecular formula is C14H17N3O2. The van der Waals surface area contributed by atoms with Gasteiger partial charge in [-0.25, -0.2) is 4.98 Å². The lowest BCUT2D eigenvalue weighted by Gasteiger charge is -2.11. The van der Waals surface area contributed by atoms with Crippen LogP contribution in [0.15, 0.2) is 29.1 Å². The maximum Gasteiger partial charge on any atom is 0.252 e. The summed E-state index contributed by atoms with van der Waals surface area (Å²) in [5.74, 6) is 0.424. The molecule has 0 saturated heterocycles. The number of aromatic amines is 1. The van der Waals surface area contributed by atoms with Crippen molar-refractivity contribution < 1.29 is 4.74 Å². The second kappa shape index (κ2) is 5.67. The maximum atomic E-state index is 11.5. The number of hydrogen-bond donors (Lipinski definition) is 2. The Morgan fingerprint density at radius 3 is 2.89 bits per heavy atom. The maximum absolute atomic E-state index is 11.5. The number of hydrogen-bond acceptors (Lipinski definition) is 4. The van der Waals surface area contributed by atoms with Gasteiger partial charge in [-0.1, -0.05) is 12.1 Å². The fraction of sp³-hybridized carbons (Fsp3) is 0.286. The zero-order valence-corrected chi connectivity index (χ0v) is 11.3. The minimum Gasteiger partial charge on any atom is -0.378 e. The monoisotopic (exact) mass is 259 g/mol. The summed E-state index contributed by atoms with van der Waals surface area (Å²) in [5.41, 5.74) is 3.63. The van der Waals surface area contributed by atoms with Gasteiger partial charge in [-0.2, -0.15) is 0 Å². The number of H-pyrrole nitrogens is 1. The SMILES string of the molecule is COCc1cc(=O)[nH]c(Nc2cccc(C)c2C)n1.